The number of hydrogen-bond acceptors (Lipinski definition) is 2. The Morgan fingerprint density at radius 2 is 1.50 bits per heavy atom. The molecule has 2 nitrogen and oxygen atoms in total. The molecule has 0 bridgehead atoms. The highest BCUT2D eigenvalue weighted by molar-refractivity contribution is 4.70. The zero-order valence-electron chi connectivity index (χ0n) is 4.50. The Bertz CT molecular complexity index is 24.7. The van der Waals surface area contributed by atoms with Crippen LogP contribution in [0.15, 0.2) is 0 Å². The largest absolute Gasteiger partial charge is 0.300 e. The van der Waals surface area contributed by atoms with Crippen molar-refractivity contribution in [3.05, 3.63) is 6.17 Å². The highest BCUT2D eigenvalue weighted by Crippen LogP contribution is 1.74. The third kappa shape index (κ3) is 2.18. The molecular formula is C4H11N2. The van der Waals surface area contributed by atoms with Crippen LogP contribution in [-0.2, 0) is 0 Å². The minimum absolute atomic E-state index is 1.09. The van der Waals surface area contributed by atoms with Crippen molar-refractivity contribution < 1.29 is 0 Å². The van der Waals surface area contributed by atoms with Gasteiger partial charge in [0.25, 0.3) is 0 Å². The highest BCUT2D eigenvalue weighted by atomic mass is 15.1. The van der Waals surface area contributed by atoms with Crippen molar-refractivity contribution in [3.63, 3.8) is 0 Å². The van der Waals surface area contributed by atoms with Crippen LogP contribution in [0.3, 0.4) is 0 Å². The lowest BCUT2D eigenvalue weighted by Gasteiger charge is -2.03. The maximum absolute atomic E-state index is 2.92. The molecule has 0 aromatic heterocycles. The molecule has 37 valence electrons. The minimum atomic E-state index is 1.09. The molecule has 1 radical (unpaired) electrons. The second-order valence-corrected chi connectivity index (χ2v) is 1.12. The van der Waals surface area contributed by atoms with E-state index in [4.69, 9.17) is 0 Å². The van der Waals surface area contributed by atoms with E-state index in [0.717, 1.165) is 6.17 Å². The Morgan fingerprint density at radius 1 is 1.17 bits per heavy atom. The van der Waals surface area contributed by atoms with Crippen LogP contribution in [0, 0.1) is 6.17 Å². The van der Waals surface area contributed by atoms with Gasteiger partial charge in [0.05, 0.1) is 6.17 Å². The zero-order valence-corrected chi connectivity index (χ0v) is 4.50. The number of nitrogens with one attached hydrogen (secondary N) is 2. The summed E-state index contributed by atoms with van der Waals surface area (Å²) in [6.45, 7) is 1.97. The fourth-order valence-corrected chi connectivity index (χ4v) is 0.125. The van der Waals surface area contributed by atoms with Gasteiger partial charge in [0, 0.05) is 0 Å². The van der Waals surface area contributed by atoms with Gasteiger partial charge in [-0.2, -0.15) is 0 Å². The van der Waals surface area contributed by atoms with Crippen LogP contribution in [0.2, 0.25) is 0 Å². The molecule has 0 rings (SSSR count). The maximum Gasteiger partial charge on any atom is 0.0973 e. The molecule has 0 aromatic rings. The van der Waals surface area contributed by atoms with Gasteiger partial charge in [0.15, 0.2) is 0 Å². The summed E-state index contributed by atoms with van der Waals surface area (Å²) in [7, 11) is 3.76. The first-order valence-corrected chi connectivity index (χ1v) is 2.00. The van der Waals surface area contributed by atoms with Crippen molar-refractivity contribution in [3.8, 4) is 0 Å². The predicted molar refractivity (Wildman–Crippen MR) is 27.0 cm³/mol. The summed E-state index contributed by atoms with van der Waals surface area (Å²) in [6, 6.07) is 0. The molecule has 0 unspecified atom stereocenters. The van der Waals surface area contributed by atoms with Crippen molar-refractivity contribution in [2.24, 2.45) is 0 Å². The first-order chi connectivity index (χ1) is 2.81. The van der Waals surface area contributed by atoms with E-state index in [1.807, 2.05) is 21.0 Å². The molecule has 0 aliphatic carbocycles. The predicted octanol–water partition coefficient (Wildman–Crippen LogP) is -0.0654. The minimum Gasteiger partial charge on any atom is -0.300 e. The topological polar surface area (TPSA) is 24.1 Å². The molecule has 0 spiro atoms. The summed E-state index contributed by atoms with van der Waals surface area (Å²) in [4.78, 5) is 0. The fraction of sp³-hybridized carbons (Fsp3) is 0.750. The van der Waals surface area contributed by atoms with Gasteiger partial charge in [0.2, 0.25) is 0 Å². The Morgan fingerprint density at radius 3 is 1.50 bits per heavy atom. The molecule has 0 aliphatic heterocycles. The highest BCUT2D eigenvalue weighted by Gasteiger charge is 1.86. The molecule has 0 aromatic carbocycles. The summed E-state index contributed by atoms with van der Waals surface area (Å²) in [6.07, 6.45) is 1.09. The van der Waals surface area contributed by atoms with Gasteiger partial charge in [-0.25, -0.2) is 0 Å². The van der Waals surface area contributed by atoms with Gasteiger partial charge in [-0.1, -0.05) is 0 Å². The second-order valence-electron chi connectivity index (χ2n) is 1.12. The third-order valence-electron chi connectivity index (χ3n) is 0.750. The van der Waals surface area contributed by atoms with E-state index in [2.05, 4.69) is 10.6 Å². The molecule has 0 saturated carbocycles. The van der Waals surface area contributed by atoms with Gasteiger partial charge in [0.1, 0.15) is 0 Å². The smallest absolute Gasteiger partial charge is 0.0973 e. The summed E-state index contributed by atoms with van der Waals surface area (Å²) in [5.74, 6) is 0. The summed E-state index contributed by atoms with van der Waals surface area (Å²) in [5, 5.41) is 5.84. The summed E-state index contributed by atoms with van der Waals surface area (Å²) >= 11 is 0. The molecular weight excluding hydrogens is 76.1 g/mol. The first-order valence-electron chi connectivity index (χ1n) is 2.00. The lowest BCUT2D eigenvalue weighted by Crippen LogP contribution is -2.25. The molecule has 6 heavy (non-hydrogen) atoms. The van der Waals surface area contributed by atoms with E-state index in [0.29, 0.717) is 0 Å². The molecule has 2 N–H and O–H groups in total. The lowest BCUT2D eigenvalue weighted by atomic mass is 10.6. The van der Waals surface area contributed by atoms with E-state index in [9.17, 15) is 0 Å². The van der Waals surface area contributed by atoms with Crippen LogP contribution < -0.4 is 10.6 Å². The van der Waals surface area contributed by atoms with E-state index in [1.165, 1.54) is 0 Å². The number of hydrogen-bond donors (Lipinski definition) is 2. The van der Waals surface area contributed by atoms with Crippen molar-refractivity contribution >= 4 is 0 Å². The summed E-state index contributed by atoms with van der Waals surface area (Å²) in [5.41, 5.74) is 0. The van der Waals surface area contributed by atoms with Gasteiger partial charge in [-0.3, -0.25) is 10.6 Å². The number of rotatable bonds is 2. The first kappa shape index (κ1) is 5.92. The van der Waals surface area contributed by atoms with E-state index in [1.54, 1.807) is 0 Å². The average Bonchev–Trinajstić information content (AvgIpc) is 1.65. The zero-order chi connectivity index (χ0) is 4.99. The Labute approximate surface area is 38.9 Å². The van der Waals surface area contributed by atoms with Crippen molar-refractivity contribution in [2.75, 3.05) is 14.1 Å². The standard InChI is InChI=1S/C4H11N2/c1-4(5-2)6-3/h5-6H,1-3H3. The van der Waals surface area contributed by atoms with Gasteiger partial charge >= 0.3 is 0 Å². The molecule has 0 amide bonds. The van der Waals surface area contributed by atoms with Gasteiger partial charge in [-0.15, -0.1) is 0 Å². The van der Waals surface area contributed by atoms with Crippen LogP contribution in [0.1, 0.15) is 6.92 Å². The van der Waals surface area contributed by atoms with Crippen molar-refractivity contribution in [2.45, 2.75) is 6.92 Å². The molecule has 0 fully saturated rings. The second kappa shape index (κ2) is 3.12. The Kier molecular flexibility index (Phi) is 3.08. The van der Waals surface area contributed by atoms with Crippen molar-refractivity contribution in [1.82, 2.24) is 10.6 Å². The molecule has 0 saturated heterocycles. The third-order valence-corrected chi connectivity index (χ3v) is 0.750. The van der Waals surface area contributed by atoms with Crippen molar-refractivity contribution in [1.29, 1.82) is 0 Å². The van der Waals surface area contributed by atoms with Crippen LogP contribution in [-0.4, -0.2) is 14.1 Å². The van der Waals surface area contributed by atoms with Gasteiger partial charge in [-0.05, 0) is 21.0 Å². The molecule has 0 aliphatic rings. The molecule has 0 heterocycles. The monoisotopic (exact) mass is 87.1 g/mol. The van der Waals surface area contributed by atoms with E-state index < -0.39 is 0 Å². The Balaban J connectivity index is 2.75. The molecule has 0 atom stereocenters. The van der Waals surface area contributed by atoms with Gasteiger partial charge < -0.3 is 0 Å². The maximum atomic E-state index is 2.92. The van der Waals surface area contributed by atoms with Crippen LogP contribution in [0.5, 0.6) is 0 Å². The SMILES string of the molecule is CN[C](C)NC. The normalized spacial score (nSPS) is 10.0. The van der Waals surface area contributed by atoms with Crippen LogP contribution >= 0.6 is 0 Å². The quantitative estimate of drug-likeness (QED) is 0.493. The summed E-state index contributed by atoms with van der Waals surface area (Å²) < 4.78 is 0. The van der Waals surface area contributed by atoms with E-state index >= 15 is 0 Å². The lowest BCUT2D eigenvalue weighted by molar-refractivity contribution is 0.690. The van der Waals surface area contributed by atoms with E-state index in [-0.39, 0.29) is 0 Å². The van der Waals surface area contributed by atoms with Crippen LogP contribution in [0.25, 0.3) is 0 Å². The Hall–Kier alpha value is -0.0800. The fourth-order valence-electron chi connectivity index (χ4n) is 0.125. The average molecular weight is 87.1 g/mol. The molecule has 2 heteroatoms. The van der Waals surface area contributed by atoms with Crippen LogP contribution in [0.4, 0.5) is 0 Å².